The van der Waals surface area contributed by atoms with Gasteiger partial charge in [-0.25, -0.2) is 4.98 Å². The number of fused-ring (bicyclic) bond motifs is 1. The Morgan fingerprint density at radius 3 is 2.79 bits per heavy atom. The summed E-state index contributed by atoms with van der Waals surface area (Å²) in [5.41, 5.74) is 2.26. The molecule has 1 aromatic carbocycles. The van der Waals surface area contributed by atoms with E-state index in [1.54, 1.807) is 6.20 Å². The van der Waals surface area contributed by atoms with Crippen LogP contribution in [-0.4, -0.2) is 15.3 Å². The lowest BCUT2D eigenvalue weighted by Gasteiger charge is -2.02. The lowest BCUT2D eigenvalue weighted by Crippen LogP contribution is -2.12. The molecule has 96 valence electrons. The molecule has 0 saturated heterocycles. The summed E-state index contributed by atoms with van der Waals surface area (Å²) in [6.45, 7) is 1.99. The summed E-state index contributed by atoms with van der Waals surface area (Å²) in [4.78, 5) is 17.2. The van der Waals surface area contributed by atoms with Gasteiger partial charge in [0, 0.05) is 27.4 Å². The van der Waals surface area contributed by atoms with Gasteiger partial charge in [0.25, 0.3) is 5.91 Å². The first-order chi connectivity index (χ1) is 9.13. The molecule has 3 aromatic rings. The van der Waals surface area contributed by atoms with Crippen molar-refractivity contribution in [3.63, 3.8) is 0 Å². The van der Waals surface area contributed by atoms with Crippen LogP contribution in [0, 0.1) is 6.92 Å². The molecule has 0 spiro atoms. The Morgan fingerprint density at radius 2 is 2.11 bits per heavy atom. The Morgan fingerprint density at radius 1 is 1.37 bits per heavy atom. The van der Waals surface area contributed by atoms with Gasteiger partial charge in [-0.2, -0.15) is 0 Å². The van der Waals surface area contributed by atoms with Crippen LogP contribution in [0.3, 0.4) is 0 Å². The van der Waals surface area contributed by atoms with Gasteiger partial charge in [-0.1, -0.05) is 15.9 Å². The van der Waals surface area contributed by atoms with Gasteiger partial charge in [-0.3, -0.25) is 9.20 Å². The number of carbonyl (C=O) groups excluding carboxylic acids is 1. The number of amides is 1. The molecule has 1 N–H and O–H groups in total. The van der Waals surface area contributed by atoms with Crippen LogP contribution < -0.4 is 5.32 Å². The second kappa shape index (κ2) is 4.79. The van der Waals surface area contributed by atoms with E-state index >= 15 is 0 Å². The van der Waals surface area contributed by atoms with Gasteiger partial charge >= 0.3 is 0 Å². The highest BCUT2D eigenvalue weighted by Crippen LogP contribution is 2.18. The lowest BCUT2D eigenvalue weighted by molar-refractivity contribution is 0.102. The first-order valence-electron chi connectivity index (χ1n) is 5.63. The minimum absolute atomic E-state index is 0.197. The largest absolute Gasteiger partial charge is 0.321 e. The maximum atomic E-state index is 12.1. The van der Waals surface area contributed by atoms with Crippen molar-refractivity contribution in [3.8, 4) is 0 Å². The number of carbonyl (C=O) groups is 1. The topological polar surface area (TPSA) is 46.4 Å². The Labute approximate surface area is 122 Å². The Kier molecular flexibility index (Phi) is 3.12. The summed E-state index contributed by atoms with van der Waals surface area (Å²) in [5, 5.41) is 4.84. The van der Waals surface area contributed by atoms with E-state index in [0.717, 1.165) is 20.8 Å². The van der Waals surface area contributed by atoms with Crippen LogP contribution in [0.5, 0.6) is 0 Å². The van der Waals surface area contributed by atoms with E-state index in [9.17, 15) is 4.79 Å². The zero-order chi connectivity index (χ0) is 13.4. The van der Waals surface area contributed by atoms with E-state index in [0.29, 0.717) is 5.69 Å². The molecule has 0 unspecified atom stereocenters. The number of rotatable bonds is 2. The maximum absolute atomic E-state index is 12.1. The highest BCUT2D eigenvalue weighted by molar-refractivity contribution is 9.10. The first-order valence-corrected chi connectivity index (χ1v) is 7.31. The number of hydrogen-bond donors (Lipinski definition) is 1. The third-order valence-electron chi connectivity index (χ3n) is 2.72. The molecular weight excluding hydrogens is 326 g/mol. The van der Waals surface area contributed by atoms with E-state index in [-0.39, 0.29) is 5.91 Å². The zero-order valence-corrected chi connectivity index (χ0v) is 12.5. The summed E-state index contributed by atoms with van der Waals surface area (Å²) in [5.74, 6) is -0.197. The van der Waals surface area contributed by atoms with Gasteiger partial charge in [-0.05, 0) is 31.2 Å². The second-order valence-corrected chi connectivity index (χ2v) is 5.87. The minimum Gasteiger partial charge on any atom is -0.321 e. The molecule has 0 saturated carbocycles. The van der Waals surface area contributed by atoms with Crippen LogP contribution in [0.4, 0.5) is 5.69 Å². The summed E-state index contributed by atoms with van der Waals surface area (Å²) >= 11 is 4.88. The van der Waals surface area contributed by atoms with Gasteiger partial charge in [0.2, 0.25) is 0 Å². The molecular formula is C13H10BrN3OS. The predicted molar refractivity (Wildman–Crippen MR) is 79.9 cm³/mol. The molecule has 0 aliphatic rings. The number of hydrogen-bond acceptors (Lipinski definition) is 3. The molecule has 0 aliphatic heterocycles. The van der Waals surface area contributed by atoms with E-state index in [1.165, 1.54) is 11.3 Å². The molecule has 6 heteroatoms. The predicted octanol–water partition coefficient (Wildman–Crippen LogP) is 3.72. The van der Waals surface area contributed by atoms with Gasteiger partial charge in [0.05, 0.1) is 0 Å². The maximum Gasteiger partial charge on any atom is 0.275 e. The second-order valence-electron chi connectivity index (χ2n) is 4.12. The van der Waals surface area contributed by atoms with Gasteiger partial charge in [0.1, 0.15) is 5.69 Å². The molecule has 2 heterocycles. The lowest BCUT2D eigenvalue weighted by atomic mass is 10.3. The number of nitrogens with one attached hydrogen (secondary N) is 1. The molecule has 1 amide bonds. The third-order valence-corrected chi connectivity index (χ3v) is 4.21. The fraction of sp³-hybridized carbons (Fsp3) is 0.0769. The highest BCUT2D eigenvalue weighted by atomic mass is 79.9. The molecule has 19 heavy (non-hydrogen) atoms. The van der Waals surface area contributed by atoms with Crippen molar-refractivity contribution in [2.75, 3.05) is 5.32 Å². The standard InChI is InChI=1S/C13H10BrN3OS/c1-8-7-19-13-16-11(6-17(8)13)12(18)15-10-4-2-9(14)3-5-10/h2-7H,1H3,(H,15,18). The van der Waals surface area contributed by atoms with E-state index in [4.69, 9.17) is 0 Å². The molecule has 3 rings (SSSR count). The monoisotopic (exact) mass is 335 g/mol. The third kappa shape index (κ3) is 2.41. The smallest absolute Gasteiger partial charge is 0.275 e. The number of aryl methyl sites for hydroxylation is 1. The number of anilines is 1. The Hall–Kier alpha value is -1.66. The SMILES string of the molecule is Cc1csc2nc(C(=O)Nc3ccc(Br)cc3)cn12. The number of imidazole rings is 1. The fourth-order valence-electron chi connectivity index (χ4n) is 1.73. The van der Waals surface area contributed by atoms with Crippen LogP contribution in [0.1, 0.15) is 16.2 Å². The molecule has 0 radical (unpaired) electrons. The van der Waals surface area contributed by atoms with E-state index in [2.05, 4.69) is 26.2 Å². The highest BCUT2D eigenvalue weighted by Gasteiger charge is 2.12. The van der Waals surface area contributed by atoms with Crippen molar-refractivity contribution in [2.45, 2.75) is 6.92 Å². The molecule has 0 fully saturated rings. The Bertz CT molecular complexity index is 745. The number of halogens is 1. The zero-order valence-electron chi connectivity index (χ0n) is 10.1. The number of thiazole rings is 1. The normalized spacial score (nSPS) is 10.8. The van der Waals surface area contributed by atoms with Crippen molar-refractivity contribution in [3.05, 3.63) is 51.7 Å². The summed E-state index contributed by atoms with van der Waals surface area (Å²) in [6, 6.07) is 7.44. The summed E-state index contributed by atoms with van der Waals surface area (Å²) in [6.07, 6.45) is 1.76. The average Bonchev–Trinajstić information content (AvgIpc) is 2.95. The van der Waals surface area contributed by atoms with Crippen LogP contribution >= 0.6 is 27.3 Å². The quantitative estimate of drug-likeness (QED) is 0.775. The van der Waals surface area contributed by atoms with Crippen molar-refractivity contribution in [2.24, 2.45) is 0 Å². The van der Waals surface area contributed by atoms with Crippen LogP contribution in [0.2, 0.25) is 0 Å². The number of aromatic nitrogens is 2. The summed E-state index contributed by atoms with van der Waals surface area (Å²) in [7, 11) is 0. The van der Waals surface area contributed by atoms with Crippen molar-refractivity contribution >= 4 is 43.8 Å². The molecule has 0 atom stereocenters. The van der Waals surface area contributed by atoms with Gasteiger partial charge in [0.15, 0.2) is 4.96 Å². The van der Waals surface area contributed by atoms with Gasteiger partial charge in [-0.15, -0.1) is 11.3 Å². The van der Waals surface area contributed by atoms with E-state index < -0.39 is 0 Å². The van der Waals surface area contributed by atoms with Crippen molar-refractivity contribution in [1.82, 2.24) is 9.38 Å². The van der Waals surface area contributed by atoms with E-state index in [1.807, 2.05) is 41.0 Å². The molecule has 2 aromatic heterocycles. The van der Waals surface area contributed by atoms with Crippen molar-refractivity contribution in [1.29, 1.82) is 0 Å². The van der Waals surface area contributed by atoms with Gasteiger partial charge < -0.3 is 5.32 Å². The number of nitrogens with zero attached hydrogens (tertiary/aromatic N) is 2. The van der Waals surface area contributed by atoms with Crippen LogP contribution in [-0.2, 0) is 0 Å². The molecule has 0 aliphatic carbocycles. The number of benzene rings is 1. The van der Waals surface area contributed by atoms with Crippen LogP contribution in [0.25, 0.3) is 4.96 Å². The van der Waals surface area contributed by atoms with Crippen LogP contribution in [0.15, 0.2) is 40.3 Å². The Balaban J connectivity index is 1.85. The first kappa shape index (κ1) is 12.4. The summed E-state index contributed by atoms with van der Waals surface area (Å²) < 4.78 is 2.89. The minimum atomic E-state index is -0.197. The molecule has 0 bridgehead atoms. The molecule has 4 nitrogen and oxygen atoms in total. The average molecular weight is 336 g/mol. The fourth-order valence-corrected chi connectivity index (χ4v) is 2.85. The van der Waals surface area contributed by atoms with Crippen molar-refractivity contribution < 1.29 is 4.79 Å².